The van der Waals surface area contributed by atoms with E-state index < -0.39 is 0 Å². The number of aromatic nitrogens is 5. The average molecular weight is 331 g/mol. The lowest BCUT2D eigenvalue weighted by atomic mass is 10.2. The molecule has 0 saturated heterocycles. The van der Waals surface area contributed by atoms with Crippen LogP contribution in [0.4, 0.5) is 0 Å². The predicted octanol–water partition coefficient (Wildman–Crippen LogP) is 1.81. The Morgan fingerprint density at radius 2 is 1.96 bits per heavy atom. The van der Waals surface area contributed by atoms with Gasteiger partial charge in [0.25, 0.3) is 0 Å². The summed E-state index contributed by atoms with van der Waals surface area (Å²) < 4.78 is 5.19. The van der Waals surface area contributed by atoms with Gasteiger partial charge in [-0.1, -0.05) is 18.2 Å². The summed E-state index contributed by atoms with van der Waals surface area (Å²) in [7, 11) is 3.59. The minimum absolute atomic E-state index is 0.00811. The van der Waals surface area contributed by atoms with Crippen LogP contribution in [0.3, 0.4) is 0 Å². The zero-order chi connectivity index (χ0) is 16.6. The number of hydrogen-bond acceptors (Lipinski definition) is 4. The number of aryl methyl sites for hydroxylation is 2. The van der Waals surface area contributed by atoms with Crippen LogP contribution < -0.4 is 5.69 Å². The quantitative estimate of drug-likeness (QED) is 0.715. The van der Waals surface area contributed by atoms with Crippen LogP contribution >= 0.6 is 11.8 Å². The Balaban J connectivity index is 1.84. The third kappa shape index (κ3) is 3.06. The van der Waals surface area contributed by atoms with Gasteiger partial charge < -0.3 is 0 Å². The van der Waals surface area contributed by atoms with Crippen molar-refractivity contribution in [3.05, 3.63) is 46.1 Å². The van der Waals surface area contributed by atoms with Crippen molar-refractivity contribution < 1.29 is 0 Å². The van der Waals surface area contributed by atoms with Crippen LogP contribution in [0.25, 0.3) is 11.0 Å². The summed E-state index contributed by atoms with van der Waals surface area (Å²) in [4.78, 5) is 12.0. The van der Waals surface area contributed by atoms with Crippen molar-refractivity contribution in [3.8, 4) is 0 Å². The summed E-state index contributed by atoms with van der Waals surface area (Å²) in [5, 5.41) is 8.98. The second kappa shape index (κ2) is 6.23. The number of nitrogens with zero attached hydrogens (tertiary/aromatic N) is 5. The van der Waals surface area contributed by atoms with E-state index in [1.54, 1.807) is 23.2 Å². The molecular formula is C16H21N5OS. The van der Waals surface area contributed by atoms with E-state index in [2.05, 4.69) is 23.5 Å². The van der Waals surface area contributed by atoms with E-state index in [0.717, 1.165) is 28.7 Å². The summed E-state index contributed by atoms with van der Waals surface area (Å²) in [6.45, 7) is 2.84. The smallest absolute Gasteiger partial charge is 0.295 e. The van der Waals surface area contributed by atoms with Crippen LogP contribution in [0.5, 0.6) is 0 Å². The van der Waals surface area contributed by atoms with Gasteiger partial charge in [-0.3, -0.25) is 9.13 Å². The van der Waals surface area contributed by atoms with Crippen molar-refractivity contribution in [1.29, 1.82) is 0 Å². The summed E-state index contributed by atoms with van der Waals surface area (Å²) in [6, 6.07) is 6.07. The fraction of sp³-hybridized carbons (Fsp3) is 0.438. The predicted molar refractivity (Wildman–Crippen MR) is 94.0 cm³/mol. The molecule has 3 rings (SSSR count). The van der Waals surface area contributed by atoms with Crippen molar-refractivity contribution >= 4 is 22.8 Å². The molecule has 2 heterocycles. The number of rotatable bonds is 5. The van der Waals surface area contributed by atoms with Gasteiger partial charge in [-0.15, -0.1) is 5.10 Å². The van der Waals surface area contributed by atoms with Gasteiger partial charge in [0, 0.05) is 32.0 Å². The number of thioether (sulfide) groups is 1. The van der Waals surface area contributed by atoms with E-state index in [-0.39, 0.29) is 5.69 Å². The van der Waals surface area contributed by atoms with E-state index >= 15 is 0 Å². The van der Waals surface area contributed by atoms with Crippen LogP contribution in [-0.2, 0) is 27.1 Å². The molecule has 2 aromatic heterocycles. The van der Waals surface area contributed by atoms with Crippen molar-refractivity contribution in [3.63, 3.8) is 0 Å². The zero-order valence-electron chi connectivity index (χ0n) is 13.9. The van der Waals surface area contributed by atoms with Gasteiger partial charge in [-0.2, -0.15) is 11.8 Å². The molecule has 0 amide bonds. The Morgan fingerprint density at radius 3 is 2.70 bits per heavy atom. The topological polar surface area (TPSA) is 57.6 Å². The van der Waals surface area contributed by atoms with Crippen LogP contribution in [0, 0.1) is 0 Å². The lowest BCUT2D eigenvalue weighted by Crippen LogP contribution is -2.19. The minimum atomic E-state index is -0.00811. The number of imidazole rings is 1. The molecule has 7 heteroatoms. The van der Waals surface area contributed by atoms with Crippen molar-refractivity contribution in [2.24, 2.45) is 14.1 Å². The first-order valence-electron chi connectivity index (χ1n) is 7.55. The normalized spacial score (nSPS) is 12.9. The molecule has 0 aliphatic rings. The third-order valence-electron chi connectivity index (χ3n) is 4.17. The molecule has 0 fully saturated rings. The van der Waals surface area contributed by atoms with Crippen molar-refractivity contribution in [2.75, 3.05) is 6.26 Å². The highest BCUT2D eigenvalue weighted by atomic mass is 32.2. The monoisotopic (exact) mass is 331 g/mol. The average Bonchev–Trinajstić information content (AvgIpc) is 3.06. The van der Waals surface area contributed by atoms with Gasteiger partial charge in [0.2, 0.25) is 0 Å². The molecule has 0 saturated carbocycles. The molecular weight excluding hydrogens is 310 g/mol. The van der Waals surface area contributed by atoms with Gasteiger partial charge in [-0.05, 0) is 24.0 Å². The molecule has 3 aromatic rings. The molecule has 0 radical (unpaired) electrons. The molecule has 0 aliphatic carbocycles. The molecule has 0 bridgehead atoms. The standard InChI is InChI=1S/C16H21N5OS/c1-11(23-4)7-13-10-21(18-17-13)9-12-5-6-14-15(8-12)20(3)16(22)19(14)2/h5-6,8,10-11H,7,9H2,1-4H3. The second-order valence-electron chi connectivity index (χ2n) is 5.88. The Hall–Kier alpha value is -2.02. The second-order valence-corrected chi connectivity index (χ2v) is 7.16. The summed E-state index contributed by atoms with van der Waals surface area (Å²) in [6.07, 6.45) is 5.03. The Morgan fingerprint density at radius 1 is 1.22 bits per heavy atom. The molecule has 1 aromatic carbocycles. The van der Waals surface area contributed by atoms with Gasteiger partial charge in [0.15, 0.2) is 0 Å². The fourth-order valence-corrected chi connectivity index (χ4v) is 3.06. The van der Waals surface area contributed by atoms with Gasteiger partial charge in [0.1, 0.15) is 0 Å². The minimum Gasteiger partial charge on any atom is -0.295 e. The Labute approximate surface area is 139 Å². The molecule has 1 unspecified atom stereocenters. The number of hydrogen-bond donors (Lipinski definition) is 0. The van der Waals surface area contributed by atoms with E-state index in [1.165, 1.54) is 0 Å². The molecule has 1 atom stereocenters. The Bertz CT molecular complexity index is 892. The van der Waals surface area contributed by atoms with Crippen LogP contribution in [0.15, 0.2) is 29.2 Å². The van der Waals surface area contributed by atoms with Gasteiger partial charge >= 0.3 is 5.69 Å². The Kier molecular flexibility index (Phi) is 4.30. The maximum Gasteiger partial charge on any atom is 0.328 e. The van der Waals surface area contributed by atoms with Crippen LogP contribution in [0.1, 0.15) is 18.2 Å². The van der Waals surface area contributed by atoms with E-state index in [4.69, 9.17) is 0 Å². The molecule has 23 heavy (non-hydrogen) atoms. The van der Waals surface area contributed by atoms with Crippen molar-refractivity contribution in [2.45, 2.75) is 25.1 Å². The number of benzene rings is 1. The third-order valence-corrected chi connectivity index (χ3v) is 5.14. The van der Waals surface area contributed by atoms with Gasteiger partial charge in [0.05, 0.1) is 23.3 Å². The fourth-order valence-electron chi connectivity index (χ4n) is 2.72. The summed E-state index contributed by atoms with van der Waals surface area (Å²) >= 11 is 1.83. The highest BCUT2D eigenvalue weighted by molar-refractivity contribution is 7.99. The largest absolute Gasteiger partial charge is 0.328 e. The zero-order valence-corrected chi connectivity index (χ0v) is 14.7. The first-order chi connectivity index (χ1) is 11.0. The molecule has 0 spiro atoms. The first kappa shape index (κ1) is 15.9. The van der Waals surface area contributed by atoms with E-state index in [9.17, 15) is 4.79 Å². The maximum absolute atomic E-state index is 12.0. The summed E-state index contributed by atoms with van der Waals surface area (Å²) in [5.41, 5.74) is 3.99. The van der Waals surface area contributed by atoms with Crippen LogP contribution in [0.2, 0.25) is 0 Å². The molecule has 122 valence electrons. The maximum atomic E-state index is 12.0. The van der Waals surface area contributed by atoms with Crippen molar-refractivity contribution in [1.82, 2.24) is 24.1 Å². The lowest BCUT2D eigenvalue weighted by Gasteiger charge is -2.04. The van der Waals surface area contributed by atoms with Crippen LogP contribution in [-0.4, -0.2) is 35.6 Å². The SMILES string of the molecule is CSC(C)Cc1cn(Cc2ccc3c(c2)n(C)c(=O)n3C)nn1. The first-order valence-corrected chi connectivity index (χ1v) is 8.84. The summed E-state index contributed by atoms with van der Waals surface area (Å²) in [5.74, 6) is 0. The molecule has 6 nitrogen and oxygen atoms in total. The lowest BCUT2D eigenvalue weighted by molar-refractivity contribution is 0.649. The van der Waals surface area contributed by atoms with E-state index in [1.807, 2.05) is 40.8 Å². The highest BCUT2D eigenvalue weighted by Gasteiger charge is 2.10. The molecule has 0 aliphatic heterocycles. The highest BCUT2D eigenvalue weighted by Crippen LogP contribution is 2.15. The van der Waals surface area contributed by atoms with E-state index in [0.29, 0.717) is 11.8 Å². The number of fused-ring (bicyclic) bond motifs is 1. The molecule has 0 N–H and O–H groups in total. The van der Waals surface area contributed by atoms with Gasteiger partial charge in [-0.25, -0.2) is 9.48 Å².